The molecule has 0 spiro atoms. The number of fused-ring (bicyclic) bond motifs is 2. The van der Waals surface area contributed by atoms with Crippen LogP contribution in [0.25, 0.3) is 5.57 Å². The Morgan fingerprint density at radius 3 is 2.06 bits per heavy atom. The van der Waals surface area contributed by atoms with Crippen LogP contribution in [0.2, 0.25) is 16.7 Å². The van der Waals surface area contributed by atoms with Gasteiger partial charge in [-0.25, -0.2) is 0 Å². The summed E-state index contributed by atoms with van der Waals surface area (Å²) >= 11 is -1.88. The van der Waals surface area contributed by atoms with Gasteiger partial charge in [0.15, 0.2) is 0 Å². The quantitative estimate of drug-likeness (QED) is 0.374. The van der Waals surface area contributed by atoms with Crippen LogP contribution in [-0.4, -0.2) is 5.43 Å². The minimum atomic E-state index is -1.88. The number of hydrogen-bond donors (Lipinski definition) is 0. The minimum absolute atomic E-state index is 0.326. The van der Waals surface area contributed by atoms with Crippen molar-refractivity contribution in [1.82, 2.24) is 0 Å². The Morgan fingerprint density at radius 1 is 0.839 bits per heavy atom. The van der Waals surface area contributed by atoms with Crippen molar-refractivity contribution in [2.75, 3.05) is 0 Å². The Balaban J connectivity index is 1.72. The van der Waals surface area contributed by atoms with Crippen molar-refractivity contribution in [3.63, 3.8) is 0 Å². The first-order valence-electron chi connectivity index (χ1n) is 11.8. The van der Waals surface area contributed by atoms with Crippen molar-refractivity contribution in [3.8, 4) is 0 Å². The zero-order chi connectivity index (χ0) is 21.9. The van der Waals surface area contributed by atoms with Gasteiger partial charge in [0.25, 0.3) is 0 Å². The van der Waals surface area contributed by atoms with Crippen LogP contribution >= 0.6 is 0 Å². The van der Waals surface area contributed by atoms with Gasteiger partial charge in [0.2, 0.25) is 0 Å². The topological polar surface area (TPSA) is 0 Å². The van der Waals surface area contributed by atoms with Gasteiger partial charge in [-0.1, -0.05) is 0 Å². The molecule has 0 radical (unpaired) electrons. The molecule has 5 rings (SSSR count). The first-order chi connectivity index (χ1) is 14.9. The van der Waals surface area contributed by atoms with Crippen LogP contribution in [0.1, 0.15) is 65.6 Å². The van der Waals surface area contributed by atoms with E-state index in [9.17, 15) is 0 Å². The van der Waals surface area contributed by atoms with E-state index in [-0.39, 0.29) is 5.43 Å². The molecular weight excluding hydrogens is 468 g/mol. The Labute approximate surface area is 196 Å². The molecule has 3 aliphatic carbocycles. The zero-order valence-corrected chi connectivity index (χ0v) is 23.4. The third-order valence-corrected chi connectivity index (χ3v) is 27.8. The van der Waals surface area contributed by atoms with Gasteiger partial charge in [-0.3, -0.25) is 0 Å². The van der Waals surface area contributed by atoms with Crippen LogP contribution in [0, 0.1) is 0 Å². The summed E-state index contributed by atoms with van der Waals surface area (Å²) in [6.07, 6.45) is 6.62. The second-order valence-corrected chi connectivity index (χ2v) is 28.0. The predicted molar refractivity (Wildman–Crippen MR) is 133 cm³/mol. The maximum absolute atomic E-state index is 2.74. The zero-order valence-electron chi connectivity index (χ0n) is 19.9. The van der Waals surface area contributed by atoms with Crippen molar-refractivity contribution in [1.29, 1.82) is 0 Å². The van der Waals surface area contributed by atoms with Crippen molar-refractivity contribution >= 4 is 11.0 Å². The van der Waals surface area contributed by atoms with E-state index in [4.69, 9.17) is 0 Å². The van der Waals surface area contributed by atoms with Gasteiger partial charge in [0.1, 0.15) is 0 Å². The average molecular weight is 502 g/mol. The van der Waals surface area contributed by atoms with Crippen LogP contribution in [0.3, 0.4) is 0 Å². The molecule has 0 heterocycles. The van der Waals surface area contributed by atoms with Crippen LogP contribution < -0.4 is 0 Å². The Kier molecular flexibility index (Phi) is 5.76. The molecule has 0 aliphatic heterocycles. The summed E-state index contributed by atoms with van der Waals surface area (Å²) in [6.45, 7) is 14.9. The summed E-state index contributed by atoms with van der Waals surface area (Å²) < 4.78 is 1.51. The third kappa shape index (κ3) is 3.50. The molecular formula is C29H34SiZr. The normalized spacial score (nSPS) is 20.3. The molecule has 0 bridgehead atoms. The van der Waals surface area contributed by atoms with Crippen LogP contribution in [0.4, 0.5) is 0 Å². The van der Waals surface area contributed by atoms with E-state index >= 15 is 0 Å². The standard InChI is InChI=1S/C18H15.C9H13.C2H6Si.Zr/c1-2-5-13(6-3-1)17-10-9-16-11-14-7-4-8-15(14)12-18(16)17;1-6-5-7(2)9(4)8(6)3;1-3-2;/h1-3,5-6,9-12H,4,7-8H2;5H,1-4H3;1-2H3;. The fourth-order valence-electron chi connectivity index (χ4n) is 6.20. The van der Waals surface area contributed by atoms with E-state index in [1.165, 1.54) is 30.4 Å². The van der Waals surface area contributed by atoms with Gasteiger partial charge >= 0.3 is 197 Å². The molecule has 0 fully saturated rings. The summed E-state index contributed by atoms with van der Waals surface area (Å²) in [5.74, 6) is 0. The molecule has 0 amide bonds. The number of benzene rings is 2. The first-order valence-corrected chi connectivity index (χ1v) is 20.9. The van der Waals surface area contributed by atoms with E-state index in [1.54, 1.807) is 44.5 Å². The van der Waals surface area contributed by atoms with Crippen molar-refractivity contribution in [3.05, 3.63) is 98.7 Å². The third-order valence-electron chi connectivity index (χ3n) is 8.14. The van der Waals surface area contributed by atoms with Gasteiger partial charge < -0.3 is 0 Å². The van der Waals surface area contributed by atoms with E-state index < -0.39 is 20.4 Å². The molecule has 0 aromatic heterocycles. The van der Waals surface area contributed by atoms with E-state index in [1.807, 2.05) is 0 Å². The summed E-state index contributed by atoms with van der Waals surface area (Å²) in [6, 6.07) is 16.4. The molecule has 0 saturated heterocycles. The fourth-order valence-corrected chi connectivity index (χ4v) is 26.7. The van der Waals surface area contributed by atoms with Gasteiger partial charge in [0, 0.05) is 0 Å². The van der Waals surface area contributed by atoms with Gasteiger partial charge in [-0.15, -0.1) is 0 Å². The van der Waals surface area contributed by atoms with Crippen molar-refractivity contribution in [2.45, 2.75) is 67.3 Å². The molecule has 2 heteroatoms. The Bertz CT molecular complexity index is 1180. The maximum atomic E-state index is 2.74. The monoisotopic (exact) mass is 500 g/mol. The van der Waals surface area contributed by atoms with E-state index in [2.05, 4.69) is 89.3 Å². The molecule has 31 heavy (non-hydrogen) atoms. The SMILES string of the molecule is CC1=C(C)[CH]([Zr]([CH]2C=C(c3ccccc3)c3cc4c(cc32)CCC4)=[Si](C)C)C(C)=C1C. The van der Waals surface area contributed by atoms with Crippen molar-refractivity contribution in [2.24, 2.45) is 0 Å². The molecule has 0 N–H and O–H groups in total. The molecule has 3 aliphatic rings. The van der Waals surface area contributed by atoms with Crippen molar-refractivity contribution < 1.29 is 20.4 Å². The van der Waals surface area contributed by atoms with E-state index in [0.717, 1.165) is 7.25 Å². The molecule has 1 atom stereocenters. The number of hydrogen-bond acceptors (Lipinski definition) is 0. The summed E-state index contributed by atoms with van der Waals surface area (Å²) in [7, 11) is 0. The average Bonchev–Trinajstić information content (AvgIpc) is 3.42. The van der Waals surface area contributed by atoms with Gasteiger partial charge in [-0.2, -0.15) is 0 Å². The van der Waals surface area contributed by atoms with Gasteiger partial charge in [0.05, 0.1) is 0 Å². The predicted octanol–water partition coefficient (Wildman–Crippen LogP) is 8.01. The van der Waals surface area contributed by atoms with Crippen LogP contribution in [0.5, 0.6) is 0 Å². The first kappa shape index (κ1) is 21.6. The van der Waals surface area contributed by atoms with Crippen LogP contribution in [0.15, 0.2) is 70.8 Å². The Morgan fingerprint density at radius 2 is 1.45 bits per heavy atom. The summed E-state index contributed by atoms with van der Waals surface area (Å²) in [5, 5.41) is 0. The number of allylic oxidation sites excluding steroid dienone is 5. The molecule has 1 unspecified atom stereocenters. The summed E-state index contributed by atoms with van der Waals surface area (Å²) in [5.41, 5.74) is 15.7. The van der Waals surface area contributed by atoms with Gasteiger partial charge in [-0.05, 0) is 0 Å². The molecule has 2 aromatic carbocycles. The molecule has 158 valence electrons. The second kappa shape index (κ2) is 8.27. The summed E-state index contributed by atoms with van der Waals surface area (Å²) in [4.78, 5) is 0. The Hall–Kier alpha value is -1.24. The second-order valence-electron chi connectivity index (χ2n) is 9.99. The van der Waals surface area contributed by atoms with E-state index in [0.29, 0.717) is 0 Å². The molecule has 0 saturated carbocycles. The molecule has 0 nitrogen and oxygen atoms in total. The fraction of sp³-hybridized carbons (Fsp3) is 0.379. The number of aryl methyl sites for hydroxylation is 2. The van der Waals surface area contributed by atoms with Crippen LogP contribution in [-0.2, 0) is 33.2 Å². The molecule has 2 aromatic rings. The number of rotatable bonds is 3.